The fraction of sp³-hybridized carbons (Fsp3) is 0.0526. The van der Waals surface area contributed by atoms with Gasteiger partial charge in [-0.15, -0.1) is 0 Å². The normalized spacial score (nSPS) is 11.0. The first-order valence-corrected chi connectivity index (χ1v) is 8.33. The highest BCUT2D eigenvalue weighted by Gasteiger charge is 2.12. The minimum atomic E-state index is -0.668. The number of Topliss-reactive ketones (excluding diaryl/α,β-unsaturated/α-hetero) is 1. The molecule has 0 radical (unpaired) electrons. The Morgan fingerprint density at radius 3 is 2.62 bits per heavy atom. The third kappa shape index (κ3) is 4.45. The average Bonchev–Trinajstić information content (AvgIpc) is 2.64. The molecule has 1 aromatic heterocycles. The third-order valence-electron chi connectivity index (χ3n) is 3.43. The van der Waals surface area contributed by atoms with Crippen molar-refractivity contribution in [2.75, 3.05) is 6.61 Å². The fourth-order valence-corrected chi connectivity index (χ4v) is 2.70. The van der Waals surface area contributed by atoms with Gasteiger partial charge < -0.3 is 4.74 Å². The lowest BCUT2D eigenvalue weighted by molar-refractivity contribution is -0.136. The Labute approximate surface area is 159 Å². The highest BCUT2D eigenvalue weighted by molar-refractivity contribution is 6.36. The molecule has 5 nitrogen and oxygen atoms in total. The number of nitrogens with zero attached hydrogens (tertiary/aromatic N) is 2. The van der Waals surface area contributed by atoms with E-state index in [1.165, 1.54) is 24.3 Å². The molecule has 0 unspecified atom stereocenters. The van der Waals surface area contributed by atoms with Crippen LogP contribution < -0.4 is 0 Å². The third-order valence-corrected chi connectivity index (χ3v) is 3.98. The monoisotopic (exact) mass is 386 g/mol. The first kappa shape index (κ1) is 18.0. The molecule has 0 amide bonds. The maximum absolute atomic E-state index is 12.1. The summed E-state index contributed by atoms with van der Waals surface area (Å²) in [6.07, 6.45) is 4.21. The van der Waals surface area contributed by atoms with Gasteiger partial charge in [0, 0.05) is 16.7 Å². The standard InChI is InChI=1S/C19H12Cl2N2O3/c20-12-5-7-14(15(21)9-12)18(24)11-26-19(25)8-6-13-10-22-16-3-1-2-4-17(16)23-13/h1-10H,11H2/b8-6+. The molecule has 0 atom stereocenters. The number of fused-ring (bicyclic) bond motifs is 1. The number of hydrogen-bond acceptors (Lipinski definition) is 5. The van der Waals surface area contributed by atoms with Gasteiger partial charge in [0.15, 0.2) is 6.61 Å². The summed E-state index contributed by atoms with van der Waals surface area (Å²) in [6, 6.07) is 11.9. The summed E-state index contributed by atoms with van der Waals surface area (Å²) in [5.41, 5.74) is 2.23. The quantitative estimate of drug-likeness (QED) is 0.369. The lowest BCUT2D eigenvalue weighted by Crippen LogP contribution is -2.13. The van der Waals surface area contributed by atoms with Crippen LogP contribution in [0.1, 0.15) is 16.1 Å². The number of benzene rings is 2. The van der Waals surface area contributed by atoms with Gasteiger partial charge in [-0.2, -0.15) is 0 Å². The number of esters is 1. The second-order valence-corrected chi connectivity index (χ2v) is 6.12. The van der Waals surface area contributed by atoms with E-state index in [9.17, 15) is 9.59 Å². The maximum Gasteiger partial charge on any atom is 0.331 e. The van der Waals surface area contributed by atoms with Gasteiger partial charge in [-0.25, -0.2) is 9.78 Å². The van der Waals surface area contributed by atoms with E-state index < -0.39 is 18.4 Å². The molecule has 3 rings (SSSR count). The predicted molar refractivity (Wildman–Crippen MR) is 100 cm³/mol. The lowest BCUT2D eigenvalue weighted by atomic mass is 10.1. The van der Waals surface area contributed by atoms with Crippen molar-refractivity contribution in [3.63, 3.8) is 0 Å². The molecule has 26 heavy (non-hydrogen) atoms. The van der Waals surface area contributed by atoms with Crippen molar-refractivity contribution < 1.29 is 14.3 Å². The van der Waals surface area contributed by atoms with E-state index in [4.69, 9.17) is 27.9 Å². The van der Waals surface area contributed by atoms with Gasteiger partial charge in [0.1, 0.15) is 0 Å². The van der Waals surface area contributed by atoms with Gasteiger partial charge in [-0.1, -0.05) is 35.3 Å². The number of carbonyl (C=O) groups is 2. The van der Waals surface area contributed by atoms with Crippen molar-refractivity contribution in [1.82, 2.24) is 9.97 Å². The van der Waals surface area contributed by atoms with Crippen LogP contribution in [-0.4, -0.2) is 28.3 Å². The van der Waals surface area contributed by atoms with E-state index in [-0.39, 0.29) is 10.6 Å². The molecule has 0 saturated carbocycles. The molecule has 1 heterocycles. The summed E-state index contributed by atoms with van der Waals surface area (Å²) < 4.78 is 4.94. The van der Waals surface area contributed by atoms with E-state index in [1.807, 2.05) is 24.3 Å². The number of halogens is 2. The molecule has 130 valence electrons. The van der Waals surface area contributed by atoms with Crippen molar-refractivity contribution in [1.29, 1.82) is 0 Å². The van der Waals surface area contributed by atoms with Crippen molar-refractivity contribution >= 4 is 52.1 Å². The Balaban J connectivity index is 1.60. The molecule has 0 aliphatic rings. The number of ether oxygens (including phenoxy) is 1. The maximum atomic E-state index is 12.1. The molecule has 3 aromatic rings. The largest absolute Gasteiger partial charge is 0.454 e. The minimum Gasteiger partial charge on any atom is -0.454 e. The molecule has 0 bridgehead atoms. The summed E-state index contributed by atoms with van der Waals surface area (Å²) in [5, 5.41) is 0.628. The predicted octanol–water partition coefficient (Wildman–Crippen LogP) is 4.38. The Hall–Kier alpha value is -2.76. The van der Waals surface area contributed by atoms with Crippen LogP contribution in [-0.2, 0) is 9.53 Å². The molecule has 0 N–H and O–H groups in total. The molecular formula is C19H12Cl2N2O3. The SMILES string of the molecule is O=C(/C=C/c1cnc2ccccc2n1)OCC(=O)c1ccc(Cl)cc1Cl. The molecule has 0 aliphatic carbocycles. The number of para-hydroxylation sites is 2. The van der Waals surface area contributed by atoms with Crippen LogP contribution in [0.2, 0.25) is 10.0 Å². The number of hydrogen-bond donors (Lipinski definition) is 0. The zero-order valence-corrected chi connectivity index (χ0v) is 14.9. The van der Waals surface area contributed by atoms with Crippen LogP contribution in [0, 0.1) is 0 Å². The molecule has 0 saturated heterocycles. The van der Waals surface area contributed by atoms with Gasteiger partial charge >= 0.3 is 5.97 Å². The Bertz CT molecular complexity index is 1020. The Morgan fingerprint density at radius 2 is 1.85 bits per heavy atom. The molecule has 0 fully saturated rings. The minimum absolute atomic E-state index is 0.209. The molecule has 2 aromatic carbocycles. The Morgan fingerprint density at radius 1 is 1.08 bits per heavy atom. The van der Waals surface area contributed by atoms with Crippen LogP contribution in [0.4, 0.5) is 0 Å². The van der Waals surface area contributed by atoms with Crippen molar-refractivity contribution in [2.45, 2.75) is 0 Å². The van der Waals surface area contributed by atoms with Crippen molar-refractivity contribution in [3.8, 4) is 0 Å². The highest BCUT2D eigenvalue weighted by Crippen LogP contribution is 2.21. The van der Waals surface area contributed by atoms with Gasteiger partial charge in [-0.05, 0) is 36.4 Å². The summed E-state index contributed by atoms with van der Waals surface area (Å²) >= 11 is 11.7. The molecule has 0 aliphatic heterocycles. The van der Waals surface area contributed by atoms with E-state index >= 15 is 0 Å². The lowest BCUT2D eigenvalue weighted by Gasteiger charge is -2.04. The zero-order valence-electron chi connectivity index (χ0n) is 13.4. The van der Waals surface area contributed by atoms with Crippen LogP contribution in [0.5, 0.6) is 0 Å². The first-order chi connectivity index (χ1) is 12.5. The van der Waals surface area contributed by atoms with Crippen LogP contribution >= 0.6 is 23.2 Å². The van der Waals surface area contributed by atoms with Crippen LogP contribution in [0.25, 0.3) is 17.1 Å². The van der Waals surface area contributed by atoms with Crippen molar-refractivity contribution in [3.05, 3.63) is 76.0 Å². The van der Waals surface area contributed by atoms with Gasteiger partial charge in [0.25, 0.3) is 0 Å². The van der Waals surface area contributed by atoms with E-state index in [2.05, 4.69) is 9.97 Å². The molecule has 7 heteroatoms. The number of rotatable bonds is 5. The number of ketones is 1. The molecule has 0 spiro atoms. The summed E-state index contributed by atoms with van der Waals surface area (Å²) in [6.45, 7) is -0.423. The van der Waals surface area contributed by atoms with E-state index in [0.717, 1.165) is 11.0 Å². The van der Waals surface area contributed by atoms with Crippen LogP contribution in [0.3, 0.4) is 0 Å². The van der Waals surface area contributed by atoms with Gasteiger partial charge in [-0.3, -0.25) is 9.78 Å². The van der Waals surface area contributed by atoms with E-state index in [0.29, 0.717) is 10.7 Å². The van der Waals surface area contributed by atoms with E-state index in [1.54, 1.807) is 12.3 Å². The second kappa shape index (κ2) is 8.08. The summed E-state index contributed by atoms with van der Waals surface area (Å²) in [4.78, 5) is 32.4. The summed E-state index contributed by atoms with van der Waals surface area (Å²) in [5.74, 6) is -1.09. The van der Waals surface area contributed by atoms with Crippen molar-refractivity contribution in [2.24, 2.45) is 0 Å². The average molecular weight is 387 g/mol. The fourth-order valence-electron chi connectivity index (χ4n) is 2.18. The van der Waals surface area contributed by atoms with Crippen LogP contribution in [0.15, 0.2) is 54.7 Å². The number of aromatic nitrogens is 2. The summed E-state index contributed by atoms with van der Waals surface area (Å²) in [7, 11) is 0. The number of carbonyl (C=O) groups excluding carboxylic acids is 2. The first-order valence-electron chi connectivity index (χ1n) is 7.58. The van der Waals surface area contributed by atoms with Gasteiger partial charge in [0.2, 0.25) is 5.78 Å². The molecular weight excluding hydrogens is 375 g/mol. The second-order valence-electron chi connectivity index (χ2n) is 5.27. The topological polar surface area (TPSA) is 69.2 Å². The smallest absolute Gasteiger partial charge is 0.331 e. The van der Waals surface area contributed by atoms with Gasteiger partial charge in [0.05, 0.1) is 27.9 Å². The zero-order chi connectivity index (χ0) is 18.5. The highest BCUT2D eigenvalue weighted by atomic mass is 35.5. The Kier molecular flexibility index (Phi) is 5.61.